The van der Waals surface area contributed by atoms with Gasteiger partial charge in [0.2, 0.25) is 5.91 Å². The average Bonchev–Trinajstić information content (AvgIpc) is 3.29. The van der Waals surface area contributed by atoms with E-state index in [9.17, 15) is 9.90 Å². The second-order valence-electron chi connectivity index (χ2n) is 9.68. The van der Waals surface area contributed by atoms with Crippen LogP contribution in [0.3, 0.4) is 0 Å². The van der Waals surface area contributed by atoms with Gasteiger partial charge in [0.15, 0.2) is 0 Å². The molecule has 1 aromatic carbocycles. The summed E-state index contributed by atoms with van der Waals surface area (Å²) in [7, 11) is 0. The third kappa shape index (κ3) is 2.81. The van der Waals surface area contributed by atoms with Crippen molar-refractivity contribution in [3.63, 3.8) is 0 Å². The summed E-state index contributed by atoms with van der Waals surface area (Å²) >= 11 is 0. The zero-order valence-electron chi connectivity index (χ0n) is 15.2. The third-order valence-electron chi connectivity index (χ3n) is 7.24. The van der Waals surface area contributed by atoms with Gasteiger partial charge < -0.3 is 10.0 Å². The zero-order chi connectivity index (χ0) is 17.2. The molecule has 1 N–H and O–H groups in total. The van der Waals surface area contributed by atoms with Crippen molar-refractivity contribution in [2.24, 2.45) is 11.3 Å². The van der Waals surface area contributed by atoms with E-state index in [4.69, 9.17) is 0 Å². The fraction of sp³-hybridized carbons (Fsp3) is 0.682. The van der Waals surface area contributed by atoms with E-state index in [-0.39, 0.29) is 11.8 Å². The summed E-state index contributed by atoms with van der Waals surface area (Å²) < 4.78 is 0. The van der Waals surface area contributed by atoms with Crippen LogP contribution in [-0.4, -0.2) is 34.6 Å². The number of hydrogen-bond acceptors (Lipinski definition) is 2. The van der Waals surface area contributed by atoms with Crippen molar-refractivity contribution in [2.45, 2.75) is 69.3 Å². The number of likely N-dealkylation sites (tertiary alicyclic amines) is 1. The molecule has 0 bridgehead atoms. The first-order chi connectivity index (χ1) is 11.9. The Kier molecular flexibility index (Phi) is 3.38. The van der Waals surface area contributed by atoms with Crippen LogP contribution in [0.5, 0.6) is 0 Å². The predicted octanol–water partition coefficient (Wildman–Crippen LogP) is 3.82. The van der Waals surface area contributed by atoms with Gasteiger partial charge in [-0.25, -0.2) is 0 Å². The molecule has 134 valence electrons. The van der Waals surface area contributed by atoms with Gasteiger partial charge in [0.1, 0.15) is 0 Å². The molecule has 25 heavy (non-hydrogen) atoms. The molecule has 4 fully saturated rings. The summed E-state index contributed by atoms with van der Waals surface area (Å²) in [5, 5.41) is 9.86. The summed E-state index contributed by atoms with van der Waals surface area (Å²) in [6.45, 7) is 3.73. The zero-order valence-corrected chi connectivity index (χ0v) is 15.2. The maximum atomic E-state index is 12.5. The lowest BCUT2D eigenvalue weighted by atomic mass is 9.69. The van der Waals surface area contributed by atoms with Crippen molar-refractivity contribution in [3.8, 4) is 0 Å². The van der Waals surface area contributed by atoms with Crippen LogP contribution in [0.15, 0.2) is 24.3 Å². The molecule has 1 aliphatic heterocycles. The summed E-state index contributed by atoms with van der Waals surface area (Å²) in [6.07, 6.45) is 7.79. The van der Waals surface area contributed by atoms with E-state index in [1.165, 1.54) is 43.2 Å². The fourth-order valence-corrected chi connectivity index (χ4v) is 5.59. The van der Waals surface area contributed by atoms with E-state index >= 15 is 0 Å². The van der Waals surface area contributed by atoms with Gasteiger partial charge in [0, 0.05) is 24.4 Å². The molecule has 3 nitrogen and oxygen atoms in total. The number of benzene rings is 1. The molecule has 1 heterocycles. The van der Waals surface area contributed by atoms with Crippen LogP contribution in [0.25, 0.3) is 0 Å². The molecule has 3 aliphatic carbocycles. The minimum absolute atomic E-state index is 0.0690. The molecule has 1 saturated heterocycles. The summed E-state index contributed by atoms with van der Waals surface area (Å²) in [5.74, 6) is 1.87. The van der Waals surface area contributed by atoms with Crippen molar-refractivity contribution < 1.29 is 9.90 Å². The van der Waals surface area contributed by atoms with Crippen LogP contribution < -0.4 is 0 Å². The Morgan fingerprint density at radius 1 is 1.00 bits per heavy atom. The summed E-state index contributed by atoms with van der Waals surface area (Å²) in [6, 6.07) is 9.40. The molecular weight excluding hydrogens is 310 g/mol. The average molecular weight is 339 g/mol. The normalized spacial score (nSPS) is 36.2. The third-order valence-corrected chi connectivity index (χ3v) is 7.24. The molecule has 0 unspecified atom stereocenters. The maximum absolute atomic E-state index is 12.5. The van der Waals surface area contributed by atoms with Gasteiger partial charge in [-0.1, -0.05) is 24.3 Å². The van der Waals surface area contributed by atoms with Crippen molar-refractivity contribution in [3.05, 3.63) is 35.4 Å². The number of amides is 1. The second kappa shape index (κ2) is 5.33. The van der Waals surface area contributed by atoms with E-state index in [1.54, 1.807) is 0 Å². The van der Waals surface area contributed by atoms with E-state index in [0.29, 0.717) is 24.2 Å². The highest BCUT2D eigenvalue weighted by Crippen LogP contribution is 2.53. The predicted molar refractivity (Wildman–Crippen MR) is 97.4 cm³/mol. The molecule has 1 amide bonds. The van der Waals surface area contributed by atoms with E-state index in [2.05, 4.69) is 29.2 Å². The first kappa shape index (κ1) is 15.9. The monoisotopic (exact) mass is 339 g/mol. The molecular formula is C22H29NO2. The highest BCUT2D eigenvalue weighted by atomic mass is 16.3. The summed E-state index contributed by atoms with van der Waals surface area (Å²) in [4.78, 5) is 14.6. The Morgan fingerprint density at radius 3 is 2.16 bits per heavy atom. The Morgan fingerprint density at radius 2 is 1.60 bits per heavy atom. The number of carbonyl (C=O) groups is 1. The number of nitrogens with zero attached hydrogens (tertiary/aromatic N) is 1. The van der Waals surface area contributed by atoms with Crippen LogP contribution in [-0.2, 0) is 4.79 Å². The molecule has 3 heteroatoms. The van der Waals surface area contributed by atoms with Crippen molar-refractivity contribution >= 4 is 5.91 Å². The minimum atomic E-state index is -0.603. The lowest BCUT2D eigenvalue weighted by Gasteiger charge is -2.52. The Balaban J connectivity index is 1.17. The van der Waals surface area contributed by atoms with Crippen LogP contribution in [0, 0.1) is 11.3 Å². The molecule has 3 saturated carbocycles. The van der Waals surface area contributed by atoms with Crippen molar-refractivity contribution in [2.75, 3.05) is 13.1 Å². The quantitative estimate of drug-likeness (QED) is 0.909. The minimum Gasteiger partial charge on any atom is -0.390 e. The standard InChI is InChI=1S/C22H29NO2/c1-21(25)10-19(11-21)20(24)23-13-22(14-23)9-8-18(12-22)17-6-4-16(5-7-17)15-2-3-15/h4-7,15,18-19,25H,2-3,8-14H2,1H3/t18-,19?,21?/m0/s1. The van der Waals surface area contributed by atoms with Gasteiger partial charge in [-0.05, 0) is 74.8 Å². The highest BCUT2D eigenvalue weighted by Gasteiger charge is 2.53. The molecule has 1 atom stereocenters. The summed E-state index contributed by atoms with van der Waals surface area (Å²) in [5.41, 5.74) is 2.80. The van der Waals surface area contributed by atoms with Gasteiger partial charge in [-0.15, -0.1) is 0 Å². The number of hydrogen-bond donors (Lipinski definition) is 1. The Bertz CT molecular complexity index is 674. The lowest BCUT2D eigenvalue weighted by molar-refractivity contribution is -0.161. The van der Waals surface area contributed by atoms with Crippen LogP contribution in [0.4, 0.5) is 0 Å². The van der Waals surface area contributed by atoms with Crippen molar-refractivity contribution in [1.29, 1.82) is 0 Å². The smallest absolute Gasteiger partial charge is 0.225 e. The SMILES string of the molecule is CC1(O)CC(C(=O)N2CC3(CC[C@H](c4ccc(C5CC5)cc4)C3)C2)C1. The molecule has 0 radical (unpaired) electrons. The van der Waals surface area contributed by atoms with Gasteiger partial charge >= 0.3 is 0 Å². The Labute approximate surface area is 150 Å². The van der Waals surface area contributed by atoms with Crippen LogP contribution >= 0.6 is 0 Å². The van der Waals surface area contributed by atoms with Crippen LogP contribution in [0.2, 0.25) is 0 Å². The lowest BCUT2D eigenvalue weighted by Crippen LogP contribution is -2.61. The van der Waals surface area contributed by atoms with Crippen LogP contribution in [0.1, 0.15) is 74.8 Å². The second-order valence-corrected chi connectivity index (χ2v) is 9.68. The number of rotatable bonds is 3. The molecule has 4 aliphatic rings. The van der Waals surface area contributed by atoms with Gasteiger partial charge in [0.05, 0.1) is 5.60 Å². The number of aliphatic hydroxyl groups is 1. The van der Waals surface area contributed by atoms with E-state index < -0.39 is 5.60 Å². The van der Waals surface area contributed by atoms with E-state index in [1.807, 2.05) is 6.92 Å². The topological polar surface area (TPSA) is 40.5 Å². The first-order valence-corrected chi connectivity index (χ1v) is 10.0. The fourth-order valence-electron chi connectivity index (χ4n) is 5.59. The van der Waals surface area contributed by atoms with Gasteiger partial charge in [-0.3, -0.25) is 4.79 Å². The highest BCUT2D eigenvalue weighted by molar-refractivity contribution is 5.81. The van der Waals surface area contributed by atoms with Crippen molar-refractivity contribution in [1.82, 2.24) is 4.90 Å². The number of carbonyl (C=O) groups excluding carboxylic acids is 1. The molecule has 1 spiro atoms. The van der Waals surface area contributed by atoms with E-state index in [0.717, 1.165) is 19.0 Å². The maximum Gasteiger partial charge on any atom is 0.225 e. The Hall–Kier alpha value is -1.35. The van der Waals surface area contributed by atoms with Gasteiger partial charge in [0.25, 0.3) is 0 Å². The van der Waals surface area contributed by atoms with Gasteiger partial charge in [-0.2, -0.15) is 0 Å². The first-order valence-electron chi connectivity index (χ1n) is 10.0. The molecule has 5 rings (SSSR count). The molecule has 1 aromatic rings. The molecule has 0 aromatic heterocycles. The largest absolute Gasteiger partial charge is 0.390 e.